The second kappa shape index (κ2) is 6.38. The van der Waals surface area contributed by atoms with Gasteiger partial charge < -0.3 is 15.5 Å². The van der Waals surface area contributed by atoms with Crippen LogP contribution in [0, 0.1) is 0 Å². The second-order valence-electron chi connectivity index (χ2n) is 5.29. The largest absolute Gasteiger partial charge is 0.312 e. The lowest BCUT2D eigenvalue weighted by atomic mass is 10.1. The predicted octanol–water partition coefficient (Wildman–Crippen LogP) is 0.914. The van der Waals surface area contributed by atoms with Crippen LogP contribution in [0.3, 0.4) is 0 Å². The lowest BCUT2D eigenvalue weighted by Gasteiger charge is -2.22. The Kier molecular flexibility index (Phi) is 6.33. The molecule has 0 rings (SSSR count). The molecule has 1 unspecified atom stereocenters. The molecule has 0 fully saturated rings. The smallest absolute Gasteiger partial charge is 0.0167 e. The molecular weight excluding hydrogens is 174 g/mol. The molecule has 2 N–H and O–H groups in total. The summed E-state index contributed by atoms with van der Waals surface area (Å²) >= 11 is 0. The lowest BCUT2D eigenvalue weighted by molar-refractivity contribution is 0.343. The van der Waals surface area contributed by atoms with Crippen LogP contribution in [0.1, 0.15) is 27.7 Å². The van der Waals surface area contributed by atoms with Crippen LogP contribution in [0.4, 0.5) is 0 Å². The van der Waals surface area contributed by atoms with Gasteiger partial charge in [-0.3, -0.25) is 0 Å². The molecule has 3 nitrogen and oxygen atoms in total. The molecule has 1 atom stereocenters. The quantitative estimate of drug-likeness (QED) is 0.626. The monoisotopic (exact) mass is 201 g/mol. The minimum absolute atomic E-state index is 0.229. The molecule has 0 saturated carbocycles. The van der Waals surface area contributed by atoms with E-state index in [0.717, 1.165) is 19.6 Å². The van der Waals surface area contributed by atoms with Gasteiger partial charge in [0.1, 0.15) is 0 Å². The standard InChI is InChI=1S/C11H27N3/c1-10(9-14(5)6)12-7-8-13-11(2,3)4/h10,12-13H,7-9H2,1-6H3. The van der Waals surface area contributed by atoms with Gasteiger partial charge in [0.2, 0.25) is 0 Å². The molecule has 0 aromatic rings. The minimum atomic E-state index is 0.229. The van der Waals surface area contributed by atoms with E-state index < -0.39 is 0 Å². The van der Waals surface area contributed by atoms with Crippen LogP contribution in [-0.2, 0) is 0 Å². The minimum Gasteiger partial charge on any atom is -0.312 e. The molecule has 0 aliphatic carbocycles. The van der Waals surface area contributed by atoms with Gasteiger partial charge >= 0.3 is 0 Å². The third-order valence-corrected chi connectivity index (χ3v) is 1.91. The molecule has 0 amide bonds. The van der Waals surface area contributed by atoms with E-state index in [9.17, 15) is 0 Å². The molecule has 0 bridgehead atoms. The van der Waals surface area contributed by atoms with E-state index in [4.69, 9.17) is 0 Å². The fraction of sp³-hybridized carbons (Fsp3) is 1.00. The van der Waals surface area contributed by atoms with Crippen LogP contribution in [0.25, 0.3) is 0 Å². The second-order valence-corrected chi connectivity index (χ2v) is 5.29. The van der Waals surface area contributed by atoms with E-state index in [0.29, 0.717) is 6.04 Å². The van der Waals surface area contributed by atoms with E-state index in [2.05, 4.69) is 57.3 Å². The van der Waals surface area contributed by atoms with Gasteiger partial charge in [0.05, 0.1) is 0 Å². The molecule has 0 aromatic heterocycles. The maximum Gasteiger partial charge on any atom is 0.0167 e. The highest BCUT2D eigenvalue weighted by Gasteiger charge is 2.07. The number of hydrogen-bond donors (Lipinski definition) is 2. The number of hydrogen-bond acceptors (Lipinski definition) is 3. The highest BCUT2D eigenvalue weighted by atomic mass is 15.1. The van der Waals surface area contributed by atoms with Gasteiger partial charge in [-0.25, -0.2) is 0 Å². The summed E-state index contributed by atoms with van der Waals surface area (Å²) < 4.78 is 0. The fourth-order valence-corrected chi connectivity index (χ4v) is 1.37. The van der Waals surface area contributed by atoms with Crippen molar-refractivity contribution in [1.29, 1.82) is 0 Å². The summed E-state index contributed by atoms with van der Waals surface area (Å²) in [5, 5.41) is 6.94. The SMILES string of the molecule is CC(CN(C)C)NCCNC(C)(C)C. The normalized spacial score (nSPS) is 14.8. The Labute approximate surface area is 89.2 Å². The van der Waals surface area contributed by atoms with Crippen molar-refractivity contribution < 1.29 is 0 Å². The van der Waals surface area contributed by atoms with Crippen molar-refractivity contribution in [2.75, 3.05) is 33.7 Å². The summed E-state index contributed by atoms with van der Waals surface area (Å²) in [6.45, 7) is 11.9. The highest BCUT2D eigenvalue weighted by molar-refractivity contribution is 4.71. The maximum absolute atomic E-state index is 3.48. The topological polar surface area (TPSA) is 27.3 Å². The first-order valence-corrected chi connectivity index (χ1v) is 5.44. The number of nitrogens with zero attached hydrogens (tertiary/aromatic N) is 1. The molecule has 86 valence electrons. The van der Waals surface area contributed by atoms with Crippen molar-refractivity contribution in [1.82, 2.24) is 15.5 Å². The third kappa shape index (κ3) is 9.96. The molecule has 3 heteroatoms. The Morgan fingerprint density at radius 3 is 2.14 bits per heavy atom. The molecule has 0 radical (unpaired) electrons. The van der Waals surface area contributed by atoms with Gasteiger partial charge in [0.15, 0.2) is 0 Å². The summed E-state index contributed by atoms with van der Waals surface area (Å²) in [6.07, 6.45) is 0. The van der Waals surface area contributed by atoms with Gasteiger partial charge in [-0.05, 0) is 41.8 Å². The van der Waals surface area contributed by atoms with E-state index >= 15 is 0 Å². The summed E-state index contributed by atoms with van der Waals surface area (Å²) in [5.74, 6) is 0. The molecule has 0 saturated heterocycles. The van der Waals surface area contributed by atoms with Crippen molar-refractivity contribution in [3.63, 3.8) is 0 Å². The molecular formula is C11H27N3. The third-order valence-electron chi connectivity index (χ3n) is 1.91. The summed E-state index contributed by atoms with van der Waals surface area (Å²) in [6, 6.07) is 0.562. The average molecular weight is 201 g/mol. The molecule has 14 heavy (non-hydrogen) atoms. The fourth-order valence-electron chi connectivity index (χ4n) is 1.37. The first kappa shape index (κ1) is 13.9. The van der Waals surface area contributed by atoms with Crippen molar-refractivity contribution >= 4 is 0 Å². The van der Waals surface area contributed by atoms with Crippen molar-refractivity contribution in [2.24, 2.45) is 0 Å². The van der Waals surface area contributed by atoms with Crippen LogP contribution >= 0.6 is 0 Å². The molecule has 0 heterocycles. The Hall–Kier alpha value is -0.120. The molecule has 0 spiro atoms. The van der Waals surface area contributed by atoms with Gasteiger partial charge in [-0.2, -0.15) is 0 Å². The van der Waals surface area contributed by atoms with Crippen LogP contribution in [0.5, 0.6) is 0 Å². The molecule has 0 aromatic carbocycles. The Balaban J connectivity index is 3.36. The van der Waals surface area contributed by atoms with E-state index in [1.807, 2.05) is 0 Å². The Bertz CT molecular complexity index is 138. The van der Waals surface area contributed by atoms with Gasteiger partial charge in [0, 0.05) is 31.2 Å². The number of rotatable bonds is 6. The zero-order valence-electron chi connectivity index (χ0n) is 10.6. The zero-order valence-corrected chi connectivity index (χ0v) is 10.6. The van der Waals surface area contributed by atoms with Crippen molar-refractivity contribution in [3.05, 3.63) is 0 Å². The average Bonchev–Trinajstić information content (AvgIpc) is 1.95. The summed E-state index contributed by atoms with van der Waals surface area (Å²) in [5.41, 5.74) is 0.229. The lowest BCUT2D eigenvalue weighted by Crippen LogP contribution is -2.43. The van der Waals surface area contributed by atoms with Crippen LogP contribution in [0.2, 0.25) is 0 Å². The Morgan fingerprint density at radius 1 is 1.14 bits per heavy atom. The number of likely N-dealkylation sites (N-methyl/N-ethyl adjacent to an activating group) is 1. The van der Waals surface area contributed by atoms with Crippen LogP contribution in [0.15, 0.2) is 0 Å². The maximum atomic E-state index is 3.48. The molecule has 0 aliphatic heterocycles. The van der Waals surface area contributed by atoms with Crippen LogP contribution < -0.4 is 10.6 Å². The van der Waals surface area contributed by atoms with E-state index in [1.165, 1.54) is 0 Å². The van der Waals surface area contributed by atoms with E-state index in [-0.39, 0.29) is 5.54 Å². The predicted molar refractivity (Wildman–Crippen MR) is 63.8 cm³/mol. The van der Waals surface area contributed by atoms with E-state index in [1.54, 1.807) is 0 Å². The van der Waals surface area contributed by atoms with Crippen molar-refractivity contribution in [2.45, 2.75) is 39.3 Å². The first-order chi connectivity index (χ1) is 6.31. The van der Waals surface area contributed by atoms with Gasteiger partial charge in [-0.15, -0.1) is 0 Å². The zero-order chi connectivity index (χ0) is 11.2. The number of nitrogens with one attached hydrogen (secondary N) is 2. The Morgan fingerprint density at radius 2 is 1.71 bits per heavy atom. The molecule has 0 aliphatic rings. The van der Waals surface area contributed by atoms with Gasteiger partial charge in [0.25, 0.3) is 0 Å². The van der Waals surface area contributed by atoms with Crippen LogP contribution in [-0.4, -0.2) is 50.2 Å². The summed E-state index contributed by atoms with van der Waals surface area (Å²) in [4.78, 5) is 2.20. The van der Waals surface area contributed by atoms with Crippen molar-refractivity contribution in [3.8, 4) is 0 Å². The summed E-state index contributed by atoms with van der Waals surface area (Å²) in [7, 11) is 4.21. The highest BCUT2D eigenvalue weighted by Crippen LogP contribution is 1.96. The van der Waals surface area contributed by atoms with Gasteiger partial charge in [-0.1, -0.05) is 0 Å². The first-order valence-electron chi connectivity index (χ1n) is 5.44.